The van der Waals surface area contributed by atoms with Gasteiger partial charge in [-0.2, -0.15) is 4.89 Å². The topological polar surface area (TPSA) is 27.7 Å². The second-order valence-corrected chi connectivity index (χ2v) is 1.79. The highest BCUT2D eigenvalue weighted by Gasteiger charge is 2.13. The van der Waals surface area contributed by atoms with Crippen molar-refractivity contribution in [2.75, 3.05) is 6.61 Å². The summed E-state index contributed by atoms with van der Waals surface area (Å²) >= 11 is 0. The van der Waals surface area contributed by atoms with Crippen molar-refractivity contribution in [3.63, 3.8) is 0 Å². The summed E-state index contributed by atoms with van der Waals surface area (Å²) < 4.78 is 4.90. The fourth-order valence-corrected chi connectivity index (χ4v) is 0.679. The fraction of sp³-hybridized carbons (Fsp3) is 0.667. The van der Waals surface area contributed by atoms with Crippen molar-refractivity contribution in [2.45, 2.75) is 19.1 Å². The molecule has 1 saturated heterocycles. The van der Waals surface area contributed by atoms with Gasteiger partial charge in [-0.15, -0.1) is 0 Å². The largest absolute Gasteiger partial charge is 0.470 e. The third-order valence-electron chi connectivity index (χ3n) is 1.09. The van der Waals surface area contributed by atoms with Crippen LogP contribution >= 0.6 is 0 Å². The van der Waals surface area contributed by atoms with Gasteiger partial charge in [0.2, 0.25) is 6.29 Å². The SMILES string of the molecule is C=COC1CCCOO1. The monoisotopic (exact) mass is 130 g/mol. The van der Waals surface area contributed by atoms with Crippen LogP contribution in [0.5, 0.6) is 0 Å². The minimum Gasteiger partial charge on any atom is -0.470 e. The fourth-order valence-electron chi connectivity index (χ4n) is 0.679. The lowest BCUT2D eigenvalue weighted by Gasteiger charge is -2.19. The van der Waals surface area contributed by atoms with Crippen molar-refractivity contribution in [3.05, 3.63) is 12.8 Å². The number of rotatable bonds is 2. The van der Waals surface area contributed by atoms with Gasteiger partial charge in [-0.25, -0.2) is 4.89 Å². The van der Waals surface area contributed by atoms with Crippen molar-refractivity contribution < 1.29 is 14.5 Å². The Hall–Kier alpha value is -0.540. The highest BCUT2D eigenvalue weighted by Crippen LogP contribution is 2.10. The van der Waals surface area contributed by atoms with Gasteiger partial charge >= 0.3 is 0 Å². The summed E-state index contributed by atoms with van der Waals surface area (Å²) in [6.45, 7) is 4.06. The third kappa shape index (κ3) is 2.03. The molecular weight excluding hydrogens is 120 g/mol. The van der Waals surface area contributed by atoms with Gasteiger partial charge in [0.25, 0.3) is 0 Å². The van der Waals surface area contributed by atoms with Gasteiger partial charge in [0, 0.05) is 6.42 Å². The maximum absolute atomic E-state index is 4.90. The normalized spacial score (nSPS) is 27.3. The van der Waals surface area contributed by atoms with Crippen LogP contribution in [0.1, 0.15) is 12.8 Å². The summed E-state index contributed by atoms with van der Waals surface area (Å²) in [6, 6.07) is 0. The van der Waals surface area contributed by atoms with Gasteiger partial charge < -0.3 is 4.74 Å². The second-order valence-electron chi connectivity index (χ2n) is 1.79. The molecule has 1 atom stereocenters. The molecule has 1 aliphatic heterocycles. The lowest BCUT2D eigenvalue weighted by molar-refractivity contribution is -0.389. The number of ether oxygens (including phenoxy) is 1. The van der Waals surface area contributed by atoms with Gasteiger partial charge in [0.15, 0.2) is 0 Å². The number of hydrogen-bond acceptors (Lipinski definition) is 3. The van der Waals surface area contributed by atoms with Crippen LogP contribution < -0.4 is 0 Å². The Morgan fingerprint density at radius 2 is 2.56 bits per heavy atom. The zero-order valence-electron chi connectivity index (χ0n) is 5.21. The Balaban J connectivity index is 2.15. The van der Waals surface area contributed by atoms with E-state index in [0.29, 0.717) is 6.61 Å². The minimum atomic E-state index is -0.240. The Labute approximate surface area is 54.1 Å². The summed E-state index contributed by atoms with van der Waals surface area (Å²) in [7, 11) is 0. The van der Waals surface area contributed by atoms with Crippen molar-refractivity contribution in [1.29, 1.82) is 0 Å². The van der Waals surface area contributed by atoms with Crippen molar-refractivity contribution in [3.8, 4) is 0 Å². The predicted molar refractivity (Wildman–Crippen MR) is 31.3 cm³/mol. The van der Waals surface area contributed by atoms with Crippen LogP contribution in [0.2, 0.25) is 0 Å². The first kappa shape index (κ1) is 6.58. The van der Waals surface area contributed by atoms with Gasteiger partial charge in [0.05, 0.1) is 12.9 Å². The zero-order chi connectivity index (χ0) is 6.53. The average molecular weight is 130 g/mol. The Morgan fingerprint density at radius 1 is 1.67 bits per heavy atom. The standard InChI is InChI=1S/C6H10O3/c1-2-7-6-4-3-5-8-9-6/h2,6H,1,3-5H2. The van der Waals surface area contributed by atoms with Gasteiger partial charge in [-0.1, -0.05) is 6.58 Å². The van der Waals surface area contributed by atoms with E-state index in [2.05, 4.69) is 11.5 Å². The predicted octanol–water partition coefficient (Wildman–Crippen LogP) is 1.21. The molecule has 0 aromatic heterocycles. The molecule has 0 spiro atoms. The van der Waals surface area contributed by atoms with E-state index in [4.69, 9.17) is 9.62 Å². The summed E-state index contributed by atoms with van der Waals surface area (Å²) in [5.41, 5.74) is 0. The third-order valence-corrected chi connectivity index (χ3v) is 1.09. The molecule has 0 aromatic carbocycles. The molecule has 0 saturated carbocycles. The maximum Gasteiger partial charge on any atom is 0.230 e. The molecule has 1 fully saturated rings. The van der Waals surface area contributed by atoms with Crippen LogP contribution in [-0.2, 0) is 14.5 Å². The second kappa shape index (κ2) is 3.48. The van der Waals surface area contributed by atoms with E-state index in [1.165, 1.54) is 6.26 Å². The highest BCUT2D eigenvalue weighted by atomic mass is 17.2. The van der Waals surface area contributed by atoms with E-state index in [0.717, 1.165) is 12.8 Å². The molecule has 3 heteroatoms. The molecule has 1 aliphatic rings. The summed E-state index contributed by atoms with van der Waals surface area (Å²) in [6.07, 6.45) is 2.99. The molecule has 0 amide bonds. The van der Waals surface area contributed by atoms with E-state index >= 15 is 0 Å². The number of hydrogen-bond donors (Lipinski definition) is 0. The highest BCUT2D eigenvalue weighted by molar-refractivity contribution is 4.54. The first-order chi connectivity index (χ1) is 4.43. The van der Waals surface area contributed by atoms with Gasteiger partial charge in [-0.3, -0.25) is 0 Å². The summed E-state index contributed by atoms with van der Waals surface area (Å²) in [4.78, 5) is 9.39. The Kier molecular flexibility index (Phi) is 2.54. The van der Waals surface area contributed by atoms with Crippen LogP contribution in [0.25, 0.3) is 0 Å². The van der Waals surface area contributed by atoms with Gasteiger partial charge in [-0.05, 0) is 6.42 Å². The first-order valence-corrected chi connectivity index (χ1v) is 2.98. The molecule has 52 valence electrons. The lowest BCUT2D eigenvalue weighted by Crippen LogP contribution is -2.20. The minimum absolute atomic E-state index is 0.240. The summed E-state index contributed by atoms with van der Waals surface area (Å²) in [5.74, 6) is 0. The average Bonchev–Trinajstić information content (AvgIpc) is 1.91. The Bertz CT molecular complexity index is 86.3. The lowest BCUT2D eigenvalue weighted by atomic mass is 10.3. The Morgan fingerprint density at radius 3 is 3.11 bits per heavy atom. The van der Waals surface area contributed by atoms with Crippen molar-refractivity contribution in [2.24, 2.45) is 0 Å². The molecular formula is C6H10O3. The molecule has 0 aliphatic carbocycles. The molecule has 0 radical (unpaired) electrons. The smallest absolute Gasteiger partial charge is 0.230 e. The van der Waals surface area contributed by atoms with Crippen LogP contribution in [0.3, 0.4) is 0 Å². The maximum atomic E-state index is 4.90. The van der Waals surface area contributed by atoms with Crippen LogP contribution in [-0.4, -0.2) is 12.9 Å². The van der Waals surface area contributed by atoms with E-state index < -0.39 is 0 Å². The van der Waals surface area contributed by atoms with E-state index in [1.807, 2.05) is 0 Å². The molecule has 1 heterocycles. The van der Waals surface area contributed by atoms with E-state index in [1.54, 1.807) is 0 Å². The van der Waals surface area contributed by atoms with Crippen LogP contribution in [0.4, 0.5) is 0 Å². The van der Waals surface area contributed by atoms with E-state index in [-0.39, 0.29) is 6.29 Å². The zero-order valence-corrected chi connectivity index (χ0v) is 5.21. The van der Waals surface area contributed by atoms with Crippen LogP contribution in [0, 0.1) is 0 Å². The van der Waals surface area contributed by atoms with E-state index in [9.17, 15) is 0 Å². The van der Waals surface area contributed by atoms with Crippen molar-refractivity contribution >= 4 is 0 Å². The summed E-state index contributed by atoms with van der Waals surface area (Å²) in [5, 5.41) is 0. The molecule has 1 unspecified atom stereocenters. The van der Waals surface area contributed by atoms with Gasteiger partial charge in [0.1, 0.15) is 0 Å². The first-order valence-electron chi connectivity index (χ1n) is 2.98. The molecule has 0 aromatic rings. The quantitative estimate of drug-likeness (QED) is 0.415. The molecule has 9 heavy (non-hydrogen) atoms. The molecule has 1 rings (SSSR count). The molecule has 0 N–H and O–H groups in total. The molecule has 0 bridgehead atoms. The molecule has 3 nitrogen and oxygen atoms in total. The van der Waals surface area contributed by atoms with Crippen LogP contribution in [0.15, 0.2) is 12.8 Å². The van der Waals surface area contributed by atoms with Crippen molar-refractivity contribution in [1.82, 2.24) is 0 Å².